The van der Waals surface area contributed by atoms with Crippen LogP contribution in [-0.2, 0) is 16.2 Å². The van der Waals surface area contributed by atoms with Gasteiger partial charge in [0.2, 0.25) is 0 Å². The number of anilines is 1. The Morgan fingerprint density at radius 2 is 1.85 bits per heavy atom. The molecule has 0 spiro atoms. The Kier molecular flexibility index (Phi) is 5.96. The number of aryl methyl sites for hydroxylation is 1. The smallest absolute Gasteiger partial charge is 0.416 e. The fourth-order valence-electron chi connectivity index (χ4n) is 3.83. The van der Waals surface area contributed by atoms with Gasteiger partial charge in [-0.1, -0.05) is 18.2 Å². The third-order valence-electron chi connectivity index (χ3n) is 5.40. The largest absolute Gasteiger partial charge is 0.496 e. The molecule has 0 amide bonds. The SMILES string of the molecule is COc1cc(C(F)(F)F)ccc1[C@@H]1CCOc2cc(S(=O)(=O)Nc3cccc(C)n3)ccc21. The highest BCUT2D eigenvalue weighted by Crippen LogP contribution is 2.44. The van der Waals surface area contributed by atoms with Gasteiger partial charge in [0.15, 0.2) is 0 Å². The first-order chi connectivity index (χ1) is 15.6. The van der Waals surface area contributed by atoms with Crippen LogP contribution in [0.5, 0.6) is 11.5 Å². The summed E-state index contributed by atoms with van der Waals surface area (Å²) < 4.78 is 78.4. The predicted octanol–water partition coefficient (Wildman–Crippen LogP) is 5.13. The number of pyridine rings is 1. The number of benzene rings is 2. The van der Waals surface area contributed by atoms with Gasteiger partial charge in [-0.2, -0.15) is 13.2 Å². The average molecular weight is 478 g/mol. The zero-order chi connectivity index (χ0) is 23.8. The highest BCUT2D eigenvalue weighted by Gasteiger charge is 2.33. The van der Waals surface area contributed by atoms with Gasteiger partial charge in [-0.3, -0.25) is 4.72 Å². The number of fused-ring (bicyclic) bond motifs is 1. The van der Waals surface area contributed by atoms with Gasteiger partial charge in [0.05, 0.1) is 24.2 Å². The third kappa shape index (κ3) is 4.75. The Morgan fingerprint density at radius 1 is 1.09 bits per heavy atom. The van der Waals surface area contributed by atoms with Crippen LogP contribution in [0.1, 0.15) is 34.7 Å². The van der Waals surface area contributed by atoms with E-state index in [0.29, 0.717) is 29.0 Å². The highest BCUT2D eigenvalue weighted by atomic mass is 32.2. The van der Waals surface area contributed by atoms with Crippen LogP contribution in [-0.4, -0.2) is 27.1 Å². The lowest BCUT2D eigenvalue weighted by molar-refractivity contribution is -0.137. The second-order valence-corrected chi connectivity index (χ2v) is 9.30. The van der Waals surface area contributed by atoms with Crippen molar-refractivity contribution < 1.29 is 31.1 Å². The van der Waals surface area contributed by atoms with E-state index in [1.54, 1.807) is 31.2 Å². The van der Waals surface area contributed by atoms with Crippen LogP contribution in [0.4, 0.5) is 19.0 Å². The Bertz CT molecular complexity index is 1290. The Hall–Kier alpha value is -3.27. The summed E-state index contributed by atoms with van der Waals surface area (Å²) in [5, 5.41) is 0. The predicted molar refractivity (Wildman–Crippen MR) is 116 cm³/mol. The molecule has 0 radical (unpaired) electrons. The summed E-state index contributed by atoms with van der Waals surface area (Å²) in [6, 6.07) is 12.9. The van der Waals surface area contributed by atoms with Crippen molar-refractivity contribution in [2.24, 2.45) is 0 Å². The molecule has 3 aromatic rings. The number of alkyl halides is 3. The van der Waals surface area contributed by atoms with Crippen LogP contribution in [0.25, 0.3) is 0 Å². The minimum atomic E-state index is -4.48. The monoisotopic (exact) mass is 478 g/mol. The van der Waals surface area contributed by atoms with Crippen molar-refractivity contribution in [3.8, 4) is 11.5 Å². The van der Waals surface area contributed by atoms with E-state index in [2.05, 4.69) is 9.71 Å². The molecule has 0 saturated heterocycles. The molecular weight excluding hydrogens is 457 g/mol. The van der Waals surface area contributed by atoms with Crippen LogP contribution in [0.2, 0.25) is 0 Å². The van der Waals surface area contributed by atoms with Crippen LogP contribution in [0, 0.1) is 6.92 Å². The Labute approximate surface area is 189 Å². The fourth-order valence-corrected chi connectivity index (χ4v) is 4.85. The van der Waals surface area contributed by atoms with Gasteiger partial charge in [0, 0.05) is 28.8 Å². The first kappa shape index (κ1) is 22.9. The molecule has 33 heavy (non-hydrogen) atoms. The normalized spacial score (nSPS) is 16.0. The zero-order valence-electron chi connectivity index (χ0n) is 17.8. The van der Waals surface area contributed by atoms with E-state index in [1.165, 1.54) is 25.3 Å². The molecule has 1 aromatic heterocycles. The van der Waals surface area contributed by atoms with Gasteiger partial charge in [-0.05, 0) is 43.7 Å². The second kappa shape index (κ2) is 8.58. The van der Waals surface area contributed by atoms with E-state index in [1.807, 2.05) is 0 Å². The van der Waals surface area contributed by atoms with Crippen LogP contribution in [0.15, 0.2) is 59.5 Å². The minimum Gasteiger partial charge on any atom is -0.496 e. The molecule has 0 aliphatic carbocycles. The lowest BCUT2D eigenvalue weighted by atomic mass is 9.85. The summed E-state index contributed by atoms with van der Waals surface area (Å²) in [5.74, 6) is 0.356. The summed E-state index contributed by atoms with van der Waals surface area (Å²) >= 11 is 0. The Morgan fingerprint density at radius 3 is 2.55 bits per heavy atom. The standard InChI is InChI=1S/C23H21F3N2O4S/c1-14-4-3-5-22(27-14)28-33(29,30)16-7-9-19-17(10-11-32-21(19)13-16)18-8-6-15(23(24,25)26)12-20(18)31-2/h3-9,12-13,17H,10-11H2,1-2H3,(H,27,28)/t17-/m0/s1. The van der Waals surface area contributed by atoms with E-state index in [-0.39, 0.29) is 29.0 Å². The molecule has 1 atom stereocenters. The summed E-state index contributed by atoms with van der Waals surface area (Å²) in [7, 11) is -2.60. The molecule has 1 aliphatic rings. The Balaban J connectivity index is 1.68. The number of ether oxygens (including phenoxy) is 2. The number of nitrogens with one attached hydrogen (secondary N) is 1. The van der Waals surface area contributed by atoms with Crippen molar-refractivity contribution in [1.82, 2.24) is 4.98 Å². The number of methoxy groups -OCH3 is 1. The quantitative estimate of drug-likeness (QED) is 0.550. The maximum absolute atomic E-state index is 13.1. The van der Waals surface area contributed by atoms with Crippen molar-refractivity contribution in [3.63, 3.8) is 0 Å². The van der Waals surface area contributed by atoms with Gasteiger partial charge in [-0.25, -0.2) is 13.4 Å². The number of sulfonamides is 1. The lowest BCUT2D eigenvalue weighted by Gasteiger charge is -2.28. The number of nitrogens with zero attached hydrogens (tertiary/aromatic N) is 1. The third-order valence-corrected chi connectivity index (χ3v) is 6.75. The molecular formula is C23H21F3N2O4S. The van der Waals surface area contributed by atoms with Crippen molar-refractivity contribution in [1.29, 1.82) is 0 Å². The van der Waals surface area contributed by atoms with E-state index in [0.717, 1.165) is 12.1 Å². The number of aromatic nitrogens is 1. The van der Waals surface area contributed by atoms with Crippen LogP contribution < -0.4 is 14.2 Å². The summed E-state index contributed by atoms with van der Waals surface area (Å²) in [6.45, 7) is 2.03. The molecule has 174 valence electrons. The zero-order valence-corrected chi connectivity index (χ0v) is 18.6. The molecule has 0 unspecified atom stereocenters. The number of rotatable bonds is 5. The summed E-state index contributed by atoms with van der Waals surface area (Å²) in [5.41, 5.74) is 1.12. The van der Waals surface area contributed by atoms with Gasteiger partial charge in [0.1, 0.15) is 17.3 Å². The molecule has 2 aromatic carbocycles. The van der Waals surface area contributed by atoms with Gasteiger partial charge >= 0.3 is 6.18 Å². The van der Waals surface area contributed by atoms with Crippen molar-refractivity contribution in [3.05, 3.63) is 77.0 Å². The molecule has 1 N–H and O–H groups in total. The first-order valence-corrected chi connectivity index (χ1v) is 11.5. The van der Waals surface area contributed by atoms with Crippen molar-refractivity contribution >= 4 is 15.8 Å². The molecule has 4 rings (SSSR count). The molecule has 2 heterocycles. The topological polar surface area (TPSA) is 77.5 Å². The molecule has 0 bridgehead atoms. The van der Waals surface area contributed by atoms with E-state index in [4.69, 9.17) is 9.47 Å². The maximum Gasteiger partial charge on any atom is 0.416 e. The molecule has 1 aliphatic heterocycles. The van der Waals surface area contributed by atoms with E-state index >= 15 is 0 Å². The molecule has 6 nitrogen and oxygen atoms in total. The van der Waals surface area contributed by atoms with Gasteiger partial charge in [-0.15, -0.1) is 0 Å². The molecule has 0 fully saturated rings. The number of hydrogen-bond donors (Lipinski definition) is 1. The number of halogens is 3. The molecule has 10 heteroatoms. The van der Waals surface area contributed by atoms with E-state index < -0.39 is 21.8 Å². The lowest BCUT2D eigenvalue weighted by Crippen LogP contribution is -2.18. The highest BCUT2D eigenvalue weighted by molar-refractivity contribution is 7.92. The fraction of sp³-hybridized carbons (Fsp3) is 0.261. The van der Waals surface area contributed by atoms with Crippen LogP contribution in [0.3, 0.4) is 0 Å². The summed E-state index contributed by atoms with van der Waals surface area (Å²) in [6.07, 6.45) is -3.98. The average Bonchev–Trinajstić information content (AvgIpc) is 2.77. The minimum absolute atomic E-state index is 0.00964. The van der Waals surface area contributed by atoms with E-state index in [9.17, 15) is 21.6 Å². The van der Waals surface area contributed by atoms with Gasteiger partial charge < -0.3 is 9.47 Å². The first-order valence-electron chi connectivity index (χ1n) is 10.1. The molecule has 0 saturated carbocycles. The van der Waals surface area contributed by atoms with Gasteiger partial charge in [0.25, 0.3) is 10.0 Å². The maximum atomic E-state index is 13.1. The van der Waals surface area contributed by atoms with Crippen molar-refractivity contribution in [2.45, 2.75) is 30.3 Å². The number of hydrogen-bond acceptors (Lipinski definition) is 5. The second-order valence-electron chi connectivity index (χ2n) is 7.61. The van der Waals surface area contributed by atoms with Crippen molar-refractivity contribution in [2.75, 3.05) is 18.4 Å². The summed E-state index contributed by atoms with van der Waals surface area (Å²) in [4.78, 5) is 4.14. The van der Waals surface area contributed by atoms with Crippen LogP contribution >= 0.6 is 0 Å².